The molecular formula is C16H16N2O. The van der Waals surface area contributed by atoms with Gasteiger partial charge in [-0.15, -0.1) is 0 Å². The van der Waals surface area contributed by atoms with Crippen molar-refractivity contribution < 1.29 is 5.11 Å². The number of rotatable bonds is 3. The molecule has 0 fully saturated rings. The molecule has 0 atom stereocenters. The number of aromatic nitrogens is 2. The zero-order chi connectivity index (χ0) is 13.2. The lowest BCUT2D eigenvalue weighted by atomic mass is 10.2. The Balaban J connectivity index is 2.08. The van der Waals surface area contributed by atoms with Crippen LogP contribution in [0.2, 0.25) is 0 Å². The minimum Gasteiger partial charge on any atom is -0.508 e. The van der Waals surface area contributed by atoms with Crippen LogP contribution < -0.4 is 0 Å². The number of hydrogen-bond acceptors (Lipinski definition) is 2. The maximum absolute atomic E-state index is 9.56. The molecule has 3 rings (SSSR count). The van der Waals surface area contributed by atoms with Crippen LogP contribution in [0.25, 0.3) is 11.0 Å². The van der Waals surface area contributed by atoms with E-state index < -0.39 is 0 Å². The first-order valence-electron chi connectivity index (χ1n) is 6.50. The summed E-state index contributed by atoms with van der Waals surface area (Å²) in [5, 5.41) is 9.56. The van der Waals surface area contributed by atoms with Gasteiger partial charge in [-0.2, -0.15) is 0 Å². The van der Waals surface area contributed by atoms with Gasteiger partial charge in [0.15, 0.2) is 0 Å². The van der Waals surface area contributed by atoms with E-state index in [1.54, 1.807) is 12.1 Å². The minimum absolute atomic E-state index is 0.306. The Morgan fingerprint density at radius 3 is 2.74 bits per heavy atom. The number of fused-ring (bicyclic) bond motifs is 1. The lowest BCUT2D eigenvalue weighted by molar-refractivity contribution is 0.474. The van der Waals surface area contributed by atoms with Crippen LogP contribution in [-0.2, 0) is 13.0 Å². The standard InChI is InChI=1S/C16H16N2O/c1-2-16-17-14-8-3-4-9-15(14)18(16)11-12-6-5-7-13(19)10-12/h3-10,19H,2,11H2,1H3. The molecule has 96 valence electrons. The quantitative estimate of drug-likeness (QED) is 0.776. The third-order valence-corrected chi connectivity index (χ3v) is 3.30. The fourth-order valence-corrected chi connectivity index (χ4v) is 2.41. The van der Waals surface area contributed by atoms with Gasteiger partial charge in [-0.3, -0.25) is 0 Å². The monoisotopic (exact) mass is 252 g/mol. The molecule has 3 aromatic rings. The van der Waals surface area contributed by atoms with E-state index in [0.717, 1.165) is 35.4 Å². The summed E-state index contributed by atoms with van der Waals surface area (Å²) in [5.41, 5.74) is 3.25. The summed E-state index contributed by atoms with van der Waals surface area (Å²) in [6, 6.07) is 15.5. The van der Waals surface area contributed by atoms with Crippen LogP contribution in [0.3, 0.4) is 0 Å². The van der Waals surface area contributed by atoms with E-state index in [2.05, 4.69) is 22.5 Å². The zero-order valence-corrected chi connectivity index (χ0v) is 10.9. The molecule has 1 heterocycles. The van der Waals surface area contributed by atoms with Crippen molar-refractivity contribution in [3.63, 3.8) is 0 Å². The summed E-state index contributed by atoms with van der Waals surface area (Å²) >= 11 is 0. The van der Waals surface area contributed by atoms with Crippen LogP contribution >= 0.6 is 0 Å². The second-order valence-electron chi connectivity index (χ2n) is 4.63. The highest BCUT2D eigenvalue weighted by Crippen LogP contribution is 2.19. The molecule has 0 aliphatic heterocycles. The molecule has 3 nitrogen and oxygen atoms in total. The van der Waals surface area contributed by atoms with Gasteiger partial charge in [0.1, 0.15) is 11.6 Å². The Bertz CT molecular complexity index is 716. The normalized spacial score (nSPS) is 11.0. The Morgan fingerprint density at radius 2 is 1.95 bits per heavy atom. The lowest BCUT2D eigenvalue weighted by Gasteiger charge is -2.08. The molecular weight excluding hydrogens is 236 g/mol. The van der Waals surface area contributed by atoms with Gasteiger partial charge in [0, 0.05) is 13.0 Å². The molecule has 3 heteroatoms. The molecule has 0 radical (unpaired) electrons. The fourth-order valence-electron chi connectivity index (χ4n) is 2.41. The highest BCUT2D eigenvalue weighted by Gasteiger charge is 2.09. The van der Waals surface area contributed by atoms with Crippen molar-refractivity contribution in [2.75, 3.05) is 0 Å². The first-order chi connectivity index (χ1) is 9.28. The molecule has 1 N–H and O–H groups in total. The lowest BCUT2D eigenvalue weighted by Crippen LogP contribution is -2.04. The van der Waals surface area contributed by atoms with Crippen LogP contribution in [0.1, 0.15) is 18.3 Å². The average Bonchev–Trinajstić information content (AvgIpc) is 2.77. The predicted octanol–water partition coefficient (Wildman–Crippen LogP) is 3.35. The van der Waals surface area contributed by atoms with Crippen molar-refractivity contribution in [3.8, 4) is 5.75 Å². The number of phenolic OH excluding ortho intramolecular Hbond substituents is 1. The van der Waals surface area contributed by atoms with Crippen LogP contribution in [0.5, 0.6) is 5.75 Å². The number of benzene rings is 2. The topological polar surface area (TPSA) is 38.0 Å². The smallest absolute Gasteiger partial charge is 0.115 e. The molecule has 1 aromatic heterocycles. The Labute approximate surface area is 112 Å². The van der Waals surface area contributed by atoms with Crippen LogP contribution in [0, 0.1) is 0 Å². The fraction of sp³-hybridized carbons (Fsp3) is 0.188. The molecule has 0 aliphatic carbocycles. The first kappa shape index (κ1) is 11.8. The Morgan fingerprint density at radius 1 is 1.11 bits per heavy atom. The molecule has 0 aliphatic rings. The predicted molar refractivity (Wildman–Crippen MR) is 76.3 cm³/mol. The number of imidazole rings is 1. The highest BCUT2D eigenvalue weighted by molar-refractivity contribution is 5.76. The zero-order valence-electron chi connectivity index (χ0n) is 10.9. The van der Waals surface area contributed by atoms with E-state index in [0.29, 0.717) is 5.75 Å². The van der Waals surface area contributed by atoms with Gasteiger partial charge < -0.3 is 9.67 Å². The number of phenols is 1. The number of aromatic hydroxyl groups is 1. The maximum atomic E-state index is 9.56. The summed E-state index contributed by atoms with van der Waals surface area (Å²) in [4.78, 5) is 4.65. The van der Waals surface area contributed by atoms with Crippen molar-refractivity contribution in [3.05, 3.63) is 59.9 Å². The summed E-state index contributed by atoms with van der Waals surface area (Å²) < 4.78 is 2.21. The van der Waals surface area contributed by atoms with Gasteiger partial charge in [0.05, 0.1) is 11.0 Å². The number of aryl methyl sites for hydroxylation is 1. The second-order valence-corrected chi connectivity index (χ2v) is 4.63. The summed E-state index contributed by atoms with van der Waals surface area (Å²) in [6.07, 6.45) is 0.896. The van der Waals surface area contributed by atoms with Gasteiger partial charge in [-0.05, 0) is 29.8 Å². The summed E-state index contributed by atoms with van der Waals surface area (Å²) in [6.45, 7) is 2.85. The van der Waals surface area contributed by atoms with Crippen LogP contribution in [0.4, 0.5) is 0 Å². The van der Waals surface area contributed by atoms with Crippen molar-refractivity contribution >= 4 is 11.0 Å². The van der Waals surface area contributed by atoms with Gasteiger partial charge >= 0.3 is 0 Å². The first-order valence-corrected chi connectivity index (χ1v) is 6.50. The Hall–Kier alpha value is -2.29. The average molecular weight is 252 g/mol. The molecule has 0 amide bonds. The minimum atomic E-state index is 0.306. The SMILES string of the molecule is CCc1nc2ccccc2n1Cc1cccc(O)c1. The van der Waals surface area contributed by atoms with E-state index >= 15 is 0 Å². The third kappa shape index (κ3) is 2.19. The molecule has 0 saturated carbocycles. The maximum Gasteiger partial charge on any atom is 0.115 e. The van der Waals surface area contributed by atoms with Gasteiger partial charge in [-0.25, -0.2) is 4.98 Å². The molecule has 0 spiro atoms. The summed E-state index contributed by atoms with van der Waals surface area (Å²) in [5.74, 6) is 1.38. The van der Waals surface area contributed by atoms with E-state index in [4.69, 9.17) is 0 Å². The van der Waals surface area contributed by atoms with Crippen LogP contribution in [-0.4, -0.2) is 14.7 Å². The van der Waals surface area contributed by atoms with E-state index in [9.17, 15) is 5.11 Å². The van der Waals surface area contributed by atoms with Crippen molar-refractivity contribution in [1.82, 2.24) is 9.55 Å². The van der Waals surface area contributed by atoms with Crippen molar-refractivity contribution in [1.29, 1.82) is 0 Å². The molecule has 0 unspecified atom stereocenters. The molecule has 19 heavy (non-hydrogen) atoms. The second kappa shape index (κ2) is 4.76. The van der Waals surface area contributed by atoms with Gasteiger partial charge in [-0.1, -0.05) is 31.2 Å². The van der Waals surface area contributed by atoms with E-state index in [1.165, 1.54) is 0 Å². The van der Waals surface area contributed by atoms with Crippen LogP contribution in [0.15, 0.2) is 48.5 Å². The van der Waals surface area contributed by atoms with Gasteiger partial charge in [0.2, 0.25) is 0 Å². The number of para-hydroxylation sites is 2. The highest BCUT2D eigenvalue weighted by atomic mass is 16.3. The van der Waals surface area contributed by atoms with E-state index in [-0.39, 0.29) is 0 Å². The Kier molecular flexibility index (Phi) is 2.95. The third-order valence-electron chi connectivity index (χ3n) is 3.30. The molecule has 2 aromatic carbocycles. The summed E-state index contributed by atoms with van der Waals surface area (Å²) in [7, 11) is 0. The number of nitrogens with zero attached hydrogens (tertiary/aromatic N) is 2. The molecule has 0 saturated heterocycles. The van der Waals surface area contributed by atoms with Crippen molar-refractivity contribution in [2.45, 2.75) is 19.9 Å². The van der Waals surface area contributed by atoms with E-state index in [1.807, 2.05) is 30.3 Å². The molecule has 0 bridgehead atoms. The number of hydrogen-bond donors (Lipinski definition) is 1. The van der Waals surface area contributed by atoms with Crippen molar-refractivity contribution in [2.24, 2.45) is 0 Å². The largest absolute Gasteiger partial charge is 0.508 e. The van der Waals surface area contributed by atoms with Gasteiger partial charge in [0.25, 0.3) is 0 Å².